The van der Waals surface area contributed by atoms with Crippen LogP contribution < -0.4 is 14.8 Å². The molecule has 1 fully saturated rings. The van der Waals surface area contributed by atoms with E-state index in [0.717, 1.165) is 18.6 Å². The Morgan fingerprint density at radius 1 is 0.879 bits per heavy atom. The Balaban J connectivity index is 1.30. The van der Waals surface area contributed by atoms with Gasteiger partial charge in [-0.25, -0.2) is 4.79 Å². The van der Waals surface area contributed by atoms with Crippen LogP contribution in [-0.4, -0.2) is 25.2 Å². The highest BCUT2D eigenvalue weighted by Gasteiger charge is 2.33. The summed E-state index contributed by atoms with van der Waals surface area (Å²) in [6.45, 7) is 3.16. The van der Waals surface area contributed by atoms with Crippen molar-refractivity contribution < 1.29 is 23.8 Å². The lowest BCUT2D eigenvalue weighted by molar-refractivity contribution is -0.123. The molecule has 0 unspecified atom stereocenters. The molecule has 0 radical (unpaired) electrons. The summed E-state index contributed by atoms with van der Waals surface area (Å²) in [5, 5.41) is 2.13. The van der Waals surface area contributed by atoms with E-state index < -0.39 is 18.1 Å². The number of nitrogens with one attached hydrogen (secondary N) is 1. The first-order valence-corrected chi connectivity index (χ1v) is 11.2. The average Bonchev–Trinajstić information content (AvgIpc) is 3.18. The number of ether oxygens (including phenoxy) is 3. The van der Waals surface area contributed by atoms with Crippen LogP contribution in [0.25, 0.3) is 11.1 Å². The standard InChI is InChI=1S/C27H27NO5/c1-2-8-21-17-20(19-9-4-3-5-10-19)13-14-24(21)32-16-7-15-31-23-12-6-11-22(18-23)25-26(29)28-27(30)33-25/h3-6,9-14,17-18,25H,2,7-8,15-16H2,1H3,(H,28,29,30)/t25-/m0/s1. The Kier molecular flexibility index (Phi) is 7.25. The van der Waals surface area contributed by atoms with Crippen molar-refractivity contribution in [2.45, 2.75) is 32.3 Å². The SMILES string of the molecule is CCCc1cc(-c2ccccc2)ccc1OCCCOc1cccc([C@@H]2OC(=O)NC2=O)c1. The van der Waals surface area contributed by atoms with Crippen molar-refractivity contribution in [2.24, 2.45) is 0 Å². The Morgan fingerprint density at radius 2 is 1.70 bits per heavy atom. The van der Waals surface area contributed by atoms with Gasteiger partial charge < -0.3 is 14.2 Å². The molecule has 0 spiro atoms. The minimum absolute atomic E-state index is 0.464. The number of hydrogen-bond acceptors (Lipinski definition) is 5. The number of amides is 2. The number of imide groups is 1. The lowest BCUT2D eigenvalue weighted by Crippen LogP contribution is -2.20. The van der Waals surface area contributed by atoms with Crippen LogP contribution in [0.15, 0.2) is 72.8 Å². The summed E-state index contributed by atoms with van der Waals surface area (Å²) >= 11 is 0. The lowest BCUT2D eigenvalue weighted by Gasteiger charge is -2.14. The fourth-order valence-electron chi connectivity index (χ4n) is 3.77. The molecule has 0 aromatic heterocycles. The van der Waals surface area contributed by atoms with E-state index >= 15 is 0 Å². The van der Waals surface area contributed by atoms with E-state index in [4.69, 9.17) is 14.2 Å². The molecule has 1 aliphatic rings. The van der Waals surface area contributed by atoms with Crippen LogP contribution >= 0.6 is 0 Å². The Labute approximate surface area is 193 Å². The lowest BCUT2D eigenvalue weighted by atomic mass is 10.0. The Bertz CT molecular complexity index is 1110. The molecule has 1 N–H and O–H groups in total. The zero-order valence-corrected chi connectivity index (χ0v) is 18.6. The molecule has 1 atom stereocenters. The van der Waals surface area contributed by atoms with Gasteiger partial charge in [-0.15, -0.1) is 0 Å². The molecule has 4 rings (SSSR count). The van der Waals surface area contributed by atoms with Crippen molar-refractivity contribution in [1.82, 2.24) is 5.32 Å². The second kappa shape index (κ2) is 10.7. The van der Waals surface area contributed by atoms with E-state index in [9.17, 15) is 9.59 Å². The van der Waals surface area contributed by atoms with Gasteiger partial charge >= 0.3 is 6.09 Å². The third-order valence-corrected chi connectivity index (χ3v) is 5.35. The summed E-state index contributed by atoms with van der Waals surface area (Å²) in [5.41, 5.74) is 4.17. The first kappa shape index (κ1) is 22.4. The van der Waals surface area contributed by atoms with Gasteiger partial charge in [0.15, 0.2) is 0 Å². The van der Waals surface area contributed by atoms with Crippen molar-refractivity contribution >= 4 is 12.0 Å². The zero-order valence-electron chi connectivity index (χ0n) is 18.6. The third-order valence-electron chi connectivity index (χ3n) is 5.35. The minimum atomic E-state index is -0.930. The van der Waals surface area contributed by atoms with E-state index in [1.807, 2.05) is 24.3 Å². The minimum Gasteiger partial charge on any atom is -0.493 e. The van der Waals surface area contributed by atoms with Crippen LogP contribution in [0.5, 0.6) is 11.5 Å². The van der Waals surface area contributed by atoms with Crippen LogP contribution in [0.1, 0.15) is 37.0 Å². The van der Waals surface area contributed by atoms with Crippen molar-refractivity contribution in [3.8, 4) is 22.6 Å². The molecule has 0 saturated carbocycles. The van der Waals surface area contributed by atoms with Crippen LogP contribution in [0.3, 0.4) is 0 Å². The number of hydrogen-bond donors (Lipinski definition) is 1. The number of carbonyl (C=O) groups excluding carboxylic acids is 2. The van der Waals surface area contributed by atoms with Crippen LogP contribution in [0.2, 0.25) is 0 Å². The quantitative estimate of drug-likeness (QED) is 0.420. The first-order chi connectivity index (χ1) is 16.1. The zero-order chi connectivity index (χ0) is 23.0. The Morgan fingerprint density at radius 3 is 2.45 bits per heavy atom. The summed E-state index contributed by atoms with van der Waals surface area (Å²) in [4.78, 5) is 23.0. The normalized spacial score (nSPS) is 15.1. The smallest absolute Gasteiger partial charge is 0.415 e. The Hall–Kier alpha value is -3.80. The predicted octanol–water partition coefficient (Wildman–Crippen LogP) is 5.46. The fourth-order valence-corrected chi connectivity index (χ4v) is 3.77. The second-order valence-corrected chi connectivity index (χ2v) is 7.84. The molecule has 6 heteroatoms. The van der Waals surface area contributed by atoms with Crippen LogP contribution in [0, 0.1) is 0 Å². The van der Waals surface area contributed by atoms with Gasteiger partial charge in [0.2, 0.25) is 6.10 Å². The largest absolute Gasteiger partial charge is 0.493 e. The molecule has 2 amide bonds. The van der Waals surface area contributed by atoms with Gasteiger partial charge in [-0.3, -0.25) is 10.1 Å². The van der Waals surface area contributed by atoms with Gasteiger partial charge in [-0.1, -0.05) is 61.9 Å². The highest BCUT2D eigenvalue weighted by atomic mass is 16.6. The van der Waals surface area contributed by atoms with Crippen molar-refractivity contribution in [2.75, 3.05) is 13.2 Å². The summed E-state index contributed by atoms with van der Waals surface area (Å²) < 4.78 is 16.9. The molecular formula is C27H27NO5. The predicted molar refractivity (Wildman–Crippen MR) is 125 cm³/mol. The van der Waals surface area contributed by atoms with Gasteiger partial charge in [0.05, 0.1) is 13.2 Å². The van der Waals surface area contributed by atoms with E-state index in [0.29, 0.717) is 30.9 Å². The van der Waals surface area contributed by atoms with Crippen molar-refractivity contribution in [3.05, 3.63) is 83.9 Å². The maximum atomic E-state index is 11.8. The molecule has 0 aliphatic carbocycles. The van der Waals surface area contributed by atoms with Gasteiger partial charge in [-0.05, 0) is 47.4 Å². The van der Waals surface area contributed by atoms with Gasteiger partial charge in [0.1, 0.15) is 11.5 Å². The maximum absolute atomic E-state index is 11.8. The molecule has 1 aliphatic heterocycles. The maximum Gasteiger partial charge on any atom is 0.415 e. The van der Waals surface area contributed by atoms with Crippen molar-refractivity contribution in [1.29, 1.82) is 0 Å². The summed E-state index contributed by atoms with van der Waals surface area (Å²) in [6, 6.07) is 23.7. The molecule has 1 heterocycles. The summed E-state index contributed by atoms with van der Waals surface area (Å²) in [7, 11) is 0. The molecule has 3 aromatic carbocycles. The van der Waals surface area contributed by atoms with Crippen LogP contribution in [-0.2, 0) is 16.0 Å². The fraction of sp³-hybridized carbons (Fsp3) is 0.259. The van der Waals surface area contributed by atoms with E-state index in [2.05, 4.69) is 36.5 Å². The molecule has 0 bridgehead atoms. The third kappa shape index (κ3) is 5.71. The second-order valence-electron chi connectivity index (χ2n) is 7.84. The number of rotatable bonds is 10. The number of benzene rings is 3. The molecule has 6 nitrogen and oxygen atoms in total. The summed E-state index contributed by atoms with van der Waals surface area (Å²) in [5.74, 6) is 1.06. The van der Waals surface area contributed by atoms with Gasteiger partial charge in [-0.2, -0.15) is 0 Å². The monoisotopic (exact) mass is 445 g/mol. The summed E-state index contributed by atoms with van der Waals surface area (Å²) in [6.07, 6.45) is 1.05. The molecule has 170 valence electrons. The molecule has 1 saturated heterocycles. The topological polar surface area (TPSA) is 73.9 Å². The van der Waals surface area contributed by atoms with Crippen LogP contribution in [0.4, 0.5) is 4.79 Å². The van der Waals surface area contributed by atoms with E-state index in [-0.39, 0.29) is 0 Å². The van der Waals surface area contributed by atoms with E-state index in [1.54, 1.807) is 24.3 Å². The number of alkyl carbamates (subject to hydrolysis) is 1. The number of carbonyl (C=O) groups is 2. The molecular weight excluding hydrogens is 418 g/mol. The van der Waals surface area contributed by atoms with E-state index in [1.165, 1.54) is 16.7 Å². The van der Waals surface area contributed by atoms with Gasteiger partial charge in [0, 0.05) is 12.0 Å². The average molecular weight is 446 g/mol. The molecule has 3 aromatic rings. The molecule has 33 heavy (non-hydrogen) atoms. The number of cyclic esters (lactones) is 1. The first-order valence-electron chi connectivity index (χ1n) is 11.2. The highest BCUT2D eigenvalue weighted by Crippen LogP contribution is 2.28. The van der Waals surface area contributed by atoms with Gasteiger partial charge in [0.25, 0.3) is 5.91 Å². The van der Waals surface area contributed by atoms with Crippen molar-refractivity contribution in [3.63, 3.8) is 0 Å². The number of aryl methyl sites for hydroxylation is 1. The highest BCUT2D eigenvalue weighted by molar-refractivity contribution is 6.00.